The molecule has 5 heterocycles. The zero-order valence-corrected chi connectivity index (χ0v) is 30.5. The first kappa shape index (κ1) is 31.2. The van der Waals surface area contributed by atoms with Crippen molar-refractivity contribution in [1.82, 2.24) is 14.0 Å². The fraction of sp³-hybridized carbons (Fsp3) is 0.0667. The predicted octanol–water partition coefficient (Wildman–Crippen LogP) is 10.3. The molecule has 0 saturated heterocycles. The molecule has 0 aliphatic rings. The van der Waals surface area contributed by atoms with Crippen molar-refractivity contribution in [2.24, 2.45) is 7.05 Å². The van der Waals surface area contributed by atoms with Crippen LogP contribution >= 0.6 is 0 Å². The van der Waals surface area contributed by atoms with Crippen molar-refractivity contribution in [2.75, 3.05) is 0 Å². The Labute approximate surface area is 307 Å². The molecule has 51 heavy (non-hydrogen) atoms. The first-order valence-corrected chi connectivity index (χ1v) is 16.8. The van der Waals surface area contributed by atoms with E-state index in [2.05, 4.69) is 116 Å². The van der Waals surface area contributed by atoms with Crippen LogP contribution in [0.5, 0.6) is 0 Å². The van der Waals surface area contributed by atoms with Gasteiger partial charge in [-0.15, -0.1) is 18.2 Å². The molecule has 244 valence electrons. The molecule has 0 N–H and O–H groups in total. The van der Waals surface area contributed by atoms with Gasteiger partial charge in [-0.25, -0.2) is 0 Å². The summed E-state index contributed by atoms with van der Waals surface area (Å²) in [4.78, 5) is 4.70. The number of para-hydroxylation sites is 5. The fourth-order valence-electron chi connectivity index (χ4n) is 7.59. The van der Waals surface area contributed by atoms with Crippen LogP contribution in [0.1, 0.15) is 11.1 Å². The van der Waals surface area contributed by atoms with E-state index in [4.69, 9.17) is 9.40 Å². The van der Waals surface area contributed by atoms with Crippen LogP contribution in [-0.2, 0) is 27.2 Å². The maximum atomic E-state index is 6.53. The summed E-state index contributed by atoms with van der Waals surface area (Å²) in [6.45, 7) is 4.20. The van der Waals surface area contributed by atoms with Gasteiger partial charge in [-0.1, -0.05) is 88.9 Å². The number of hydrogen-bond acceptors (Lipinski definition) is 2. The summed E-state index contributed by atoms with van der Waals surface area (Å²) in [5.74, 6) is 0. The van der Waals surface area contributed by atoms with Gasteiger partial charge in [0.05, 0.1) is 40.2 Å². The molecule has 6 aromatic carbocycles. The van der Waals surface area contributed by atoms with E-state index in [0.717, 1.165) is 44.4 Å². The number of aryl methyl sites for hydroxylation is 3. The maximum absolute atomic E-state index is 6.53. The van der Waals surface area contributed by atoms with Crippen LogP contribution in [0, 0.1) is 32.3 Å². The molecular formula is C45H30IrN4O+. The van der Waals surface area contributed by atoms with Gasteiger partial charge in [-0.05, 0) is 43.3 Å². The molecule has 5 aromatic heterocycles. The number of nitrogens with zero attached hydrogens (tertiary/aromatic N) is 4. The summed E-state index contributed by atoms with van der Waals surface area (Å²) in [6.07, 6.45) is 5.20. The van der Waals surface area contributed by atoms with Gasteiger partial charge < -0.3 is 22.9 Å². The Morgan fingerprint density at radius 3 is 2.24 bits per heavy atom. The summed E-state index contributed by atoms with van der Waals surface area (Å²) >= 11 is 0. The first-order valence-electron chi connectivity index (χ1n) is 16.8. The van der Waals surface area contributed by atoms with Gasteiger partial charge in [-0.3, -0.25) is 0 Å². The third-order valence-electron chi connectivity index (χ3n) is 10.1. The standard InChI is InChI=1S/C31H19N2O.C14H11N2.Ir/c1-17-15-25(32-16-18(17)2)23-10-6-11-24-28-27(34-31(23)24)14-13-22-21-9-5-8-20-19-7-3-4-12-26(19)33(29(20)21)30(22)28;1-15-11-16(12-7-3-2-4-8-12)14-10-6-5-9-13(14)15;/h3-9,11-16H,1-2H3;2-7,9-10H,1H3;/q2*-1;+3. The Morgan fingerprint density at radius 2 is 1.41 bits per heavy atom. The topological polar surface area (TPSA) is 39.2 Å². The van der Waals surface area contributed by atoms with Crippen LogP contribution in [0.15, 0.2) is 132 Å². The van der Waals surface area contributed by atoms with E-state index in [1.807, 2.05) is 64.8 Å². The SMILES string of the molecule is C[n+]1[c-]n(-c2[c-]cccc2)c2ccccc21.Cc1cnc(-c2[c-]ccc3c2oc2ccc4c5cccc6c7ccccc7n(c65)c4c23)cc1C.[Ir+3]. The third kappa shape index (κ3) is 4.64. The smallest absolute Gasteiger partial charge is 0.501 e. The molecule has 0 radical (unpaired) electrons. The second kappa shape index (κ2) is 11.9. The number of hydrogen-bond donors (Lipinski definition) is 0. The normalized spacial score (nSPS) is 11.7. The Balaban J connectivity index is 0.000000173. The van der Waals surface area contributed by atoms with Crippen LogP contribution < -0.4 is 4.57 Å². The van der Waals surface area contributed by atoms with Crippen LogP contribution in [-0.4, -0.2) is 14.0 Å². The average molecular weight is 835 g/mol. The summed E-state index contributed by atoms with van der Waals surface area (Å²) in [7, 11) is 2.00. The molecule has 5 nitrogen and oxygen atoms in total. The zero-order chi connectivity index (χ0) is 33.5. The number of furan rings is 1. The monoisotopic (exact) mass is 835 g/mol. The van der Waals surface area contributed by atoms with Crippen molar-refractivity contribution in [3.05, 3.63) is 157 Å². The molecule has 0 saturated carbocycles. The van der Waals surface area contributed by atoms with Gasteiger partial charge in [-0.2, -0.15) is 30.3 Å². The van der Waals surface area contributed by atoms with E-state index in [9.17, 15) is 0 Å². The summed E-state index contributed by atoms with van der Waals surface area (Å²) in [5.41, 5.74) is 12.9. The van der Waals surface area contributed by atoms with Crippen molar-refractivity contribution >= 4 is 71.1 Å². The van der Waals surface area contributed by atoms with Crippen LogP contribution in [0.3, 0.4) is 0 Å². The van der Waals surface area contributed by atoms with Gasteiger partial charge in [0, 0.05) is 33.1 Å². The Bertz CT molecular complexity index is 3080. The fourth-order valence-corrected chi connectivity index (χ4v) is 7.59. The van der Waals surface area contributed by atoms with Gasteiger partial charge in [0.25, 0.3) is 0 Å². The molecule has 0 atom stereocenters. The van der Waals surface area contributed by atoms with E-state index in [0.29, 0.717) is 0 Å². The zero-order valence-electron chi connectivity index (χ0n) is 28.2. The van der Waals surface area contributed by atoms with Crippen molar-refractivity contribution in [1.29, 1.82) is 0 Å². The van der Waals surface area contributed by atoms with E-state index >= 15 is 0 Å². The molecule has 11 rings (SSSR count). The van der Waals surface area contributed by atoms with Gasteiger partial charge >= 0.3 is 20.1 Å². The molecule has 0 unspecified atom stereocenters. The molecule has 0 aliphatic carbocycles. The number of imidazole rings is 1. The first-order chi connectivity index (χ1) is 24.6. The molecule has 0 bridgehead atoms. The van der Waals surface area contributed by atoms with Gasteiger partial charge in [0.15, 0.2) is 0 Å². The molecule has 0 fully saturated rings. The van der Waals surface area contributed by atoms with Crippen molar-refractivity contribution in [2.45, 2.75) is 13.8 Å². The molecule has 11 aromatic rings. The Morgan fingerprint density at radius 1 is 0.667 bits per heavy atom. The minimum Gasteiger partial charge on any atom is -0.501 e. The van der Waals surface area contributed by atoms with Crippen LogP contribution in [0.25, 0.3) is 88.0 Å². The summed E-state index contributed by atoms with van der Waals surface area (Å²) in [5, 5.41) is 7.34. The Hall–Kier alpha value is -5.81. The predicted molar refractivity (Wildman–Crippen MR) is 202 cm³/mol. The number of pyridine rings is 1. The largest absolute Gasteiger partial charge is 3.00 e. The minimum absolute atomic E-state index is 0. The summed E-state index contributed by atoms with van der Waals surface area (Å²) < 4.78 is 13.0. The number of benzene rings is 6. The summed E-state index contributed by atoms with van der Waals surface area (Å²) in [6, 6.07) is 48.6. The molecule has 6 heteroatoms. The Kier molecular flexibility index (Phi) is 7.28. The van der Waals surface area contributed by atoms with E-state index < -0.39 is 0 Å². The van der Waals surface area contributed by atoms with E-state index in [-0.39, 0.29) is 20.1 Å². The van der Waals surface area contributed by atoms with Crippen LogP contribution in [0.2, 0.25) is 0 Å². The van der Waals surface area contributed by atoms with Crippen molar-refractivity contribution in [3.8, 4) is 16.9 Å². The second-order valence-corrected chi connectivity index (χ2v) is 13.0. The number of fused-ring (bicyclic) bond motifs is 11. The molecule has 0 amide bonds. The minimum atomic E-state index is 0. The molecule has 0 spiro atoms. The number of aromatic nitrogens is 4. The quantitative estimate of drug-likeness (QED) is 0.129. The van der Waals surface area contributed by atoms with Crippen molar-refractivity contribution in [3.63, 3.8) is 0 Å². The number of rotatable bonds is 2. The van der Waals surface area contributed by atoms with E-state index in [1.54, 1.807) is 0 Å². The molecule has 0 aliphatic heterocycles. The second-order valence-electron chi connectivity index (χ2n) is 13.0. The third-order valence-corrected chi connectivity index (χ3v) is 10.1. The molecular weight excluding hydrogens is 805 g/mol. The van der Waals surface area contributed by atoms with Crippen molar-refractivity contribution < 1.29 is 29.1 Å². The van der Waals surface area contributed by atoms with Gasteiger partial charge in [0.1, 0.15) is 5.58 Å². The average Bonchev–Trinajstić information content (AvgIpc) is 3.90. The van der Waals surface area contributed by atoms with E-state index in [1.165, 1.54) is 54.7 Å². The maximum Gasteiger partial charge on any atom is 3.00 e. The van der Waals surface area contributed by atoms with Gasteiger partial charge in [0.2, 0.25) is 6.33 Å². The van der Waals surface area contributed by atoms with Crippen LogP contribution in [0.4, 0.5) is 0 Å².